The van der Waals surface area contributed by atoms with Crippen molar-refractivity contribution < 1.29 is 9.72 Å². The average molecular weight is 368 g/mol. The third-order valence-electron chi connectivity index (χ3n) is 2.39. The first-order valence-electron chi connectivity index (χ1n) is 5.83. The standard InChI is InChI=1S/C13H10BrN3O3S/c14-9-2-1-3-10(6-9)16-12(18)8-21-13-5-4-11(7-15-13)17(19)20/h1-7H,8H2,(H,16,18). The van der Waals surface area contributed by atoms with Gasteiger partial charge in [0.25, 0.3) is 5.69 Å². The van der Waals surface area contributed by atoms with Gasteiger partial charge in [0.15, 0.2) is 0 Å². The predicted molar refractivity (Wildman–Crippen MR) is 84.4 cm³/mol. The number of hydrogen-bond donors (Lipinski definition) is 1. The molecule has 1 N–H and O–H groups in total. The zero-order valence-corrected chi connectivity index (χ0v) is 13.1. The van der Waals surface area contributed by atoms with Crippen molar-refractivity contribution in [1.29, 1.82) is 0 Å². The summed E-state index contributed by atoms with van der Waals surface area (Å²) in [6.45, 7) is 0. The fourth-order valence-electron chi connectivity index (χ4n) is 1.47. The lowest BCUT2D eigenvalue weighted by Gasteiger charge is -2.05. The van der Waals surface area contributed by atoms with Crippen LogP contribution < -0.4 is 5.32 Å². The SMILES string of the molecule is O=C(CSc1ccc([N+](=O)[O-])cn1)Nc1cccc(Br)c1. The van der Waals surface area contributed by atoms with Crippen LogP contribution in [0.1, 0.15) is 0 Å². The highest BCUT2D eigenvalue weighted by Crippen LogP contribution is 2.19. The van der Waals surface area contributed by atoms with Gasteiger partial charge in [0, 0.05) is 16.2 Å². The molecule has 108 valence electrons. The van der Waals surface area contributed by atoms with Crippen molar-refractivity contribution in [2.24, 2.45) is 0 Å². The number of rotatable bonds is 5. The molecule has 0 radical (unpaired) electrons. The molecule has 0 saturated heterocycles. The summed E-state index contributed by atoms with van der Waals surface area (Å²) in [5.74, 6) is 0.00962. The number of nitrogens with one attached hydrogen (secondary N) is 1. The molecule has 2 aromatic rings. The predicted octanol–water partition coefficient (Wildman–Crippen LogP) is 3.48. The van der Waals surface area contributed by atoms with Crippen LogP contribution in [0.5, 0.6) is 0 Å². The van der Waals surface area contributed by atoms with E-state index in [1.807, 2.05) is 12.1 Å². The number of benzene rings is 1. The molecular formula is C13H10BrN3O3S. The molecule has 0 aliphatic carbocycles. The summed E-state index contributed by atoms with van der Waals surface area (Å²) in [4.78, 5) is 25.7. The minimum atomic E-state index is -0.512. The van der Waals surface area contributed by atoms with Gasteiger partial charge in [-0.15, -0.1) is 0 Å². The molecule has 1 aromatic carbocycles. The van der Waals surface area contributed by atoms with E-state index in [0.29, 0.717) is 10.7 Å². The third-order valence-corrected chi connectivity index (χ3v) is 3.83. The van der Waals surface area contributed by atoms with Gasteiger partial charge in [0.1, 0.15) is 6.20 Å². The van der Waals surface area contributed by atoms with Crippen molar-refractivity contribution in [2.45, 2.75) is 5.03 Å². The fourth-order valence-corrected chi connectivity index (χ4v) is 2.51. The number of pyridine rings is 1. The Balaban J connectivity index is 1.87. The van der Waals surface area contributed by atoms with Gasteiger partial charge in [-0.25, -0.2) is 4.98 Å². The molecule has 0 aliphatic rings. The number of aromatic nitrogens is 1. The van der Waals surface area contributed by atoms with Gasteiger partial charge in [0.2, 0.25) is 5.91 Å². The van der Waals surface area contributed by atoms with E-state index in [-0.39, 0.29) is 17.3 Å². The molecule has 0 saturated carbocycles. The van der Waals surface area contributed by atoms with Crippen LogP contribution in [-0.4, -0.2) is 21.6 Å². The van der Waals surface area contributed by atoms with Crippen LogP contribution in [0.3, 0.4) is 0 Å². The minimum absolute atomic E-state index is 0.0714. The summed E-state index contributed by atoms with van der Waals surface area (Å²) in [5, 5.41) is 13.8. The van der Waals surface area contributed by atoms with Gasteiger partial charge < -0.3 is 5.32 Å². The Bertz CT molecular complexity index is 664. The second-order valence-corrected chi connectivity index (χ2v) is 5.87. The molecular weight excluding hydrogens is 358 g/mol. The van der Waals surface area contributed by atoms with E-state index in [1.54, 1.807) is 12.1 Å². The highest BCUT2D eigenvalue weighted by atomic mass is 79.9. The lowest BCUT2D eigenvalue weighted by atomic mass is 10.3. The van der Waals surface area contributed by atoms with Gasteiger partial charge in [-0.2, -0.15) is 0 Å². The normalized spacial score (nSPS) is 10.1. The Labute approximate surface area is 133 Å². The van der Waals surface area contributed by atoms with Crippen LogP contribution in [-0.2, 0) is 4.79 Å². The molecule has 8 heteroatoms. The third kappa shape index (κ3) is 4.83. The van der Waals surface area contributed by atoms with E-state index in [0.717, 1.165) is 4.47 Å². The van der Waals surface area contributed by atoms with Crippen molar-refractivity contribution in [1.82, 2.24) is 4.98 Å². The lowest BCUT2D eigenvalue weighted by Crippen LogP contribution is -2.14. The van der Waals surface area contributed by atoms with Crippen LogP contribution in [0, 0.1) is 10.1 Å². The first kappa shape index (κ1) is 15.5. The average Bonchev–Trinajstić information content (AvgIpc) is 2.45. The maximum Gasteiger partial charge on any atom is 0.287 e. The Kier molecular flexibility index (Phi) is 5.29. The number of nitro groups is 1. The van der Waals surface area contributed by atoms with Crippen molar-refractivity contribution in [3.05, 3.63) is 57.2 Å². The Morgan fingerprint density at radius 3 is 2.81 bits per heavy atom. The summed E-state index contributed by atoms with van der Waals surface area (Å²) in [5.41, 5.74) is 0.629. The van der Waals surface area contributed by atoms with Gasteiger partial charge >= 0.3 is 0 Å². The minimum Gasteiger partial charge on any atom is -0.325 e. The molecule has 0 bridgehead atoms. The monoisotopic (exact) mass is 367 g/mol. The number of halogens is 1. The van der Waals surface area contributed by atoms with E-state index in [1.165, 1.54) is 30.1 Å². The molecule has 1 amide bonds. The van der Waals surface area contributed by atoms with Gasteiger partial charge in [-0.05, 0) is 24.3 Å². The highest BCUT2D eigenvalue weighted by Gasteiger charge is 2.08. The molecule has 0 fully saturated rings. The maximum atomic E-state index is 11.8. The molecule has 6 nitrogen and oxygen atoms in total. The molecule has 0 spiro atoms. The van der Waals surface area contributed by atoms with Crippen LogP contribution >= 0.6 is 27.7 Å². The number of thioether (sulfide) groups is 1. The van der Waals surface area contributed by atoms with Crippen molar-refractivity contribution in [2.75, 3.05) is 11.1 Å². The van der Waals surface area contributed by atoms with Gasteiger partial charge in [-0.1, -0.05) is 33.8 Å². The number of amides is 1. The van der Waals surface area contributed by atoms with E-state index < -0.39 is 4.92 Å². The van der Waals surface area contributed by atoms with Gasteiger partial charge in [-0.3, -0.25) is 14.9 Å². The summed E-state index contributed by atoms with van der Waals surface area (Å²) in [6, 6.07) is 10.2. The first-order chi connectivity index (χ1) is 10.0. The number of hydrogen-bond acceptors (Lipinski definition) is 5. The molecule has 1 heterocycles. The molecule has 1 aromatic heterocycles. The Morgan fingerprint density at radius 1 is 1.38 bits per heavy atom. The van der Waals surface area contributed by atoms with E-state index in [9.17, 15) is 14.9 Å². The second kappa shape index (κ2) is 7.19. The summed E-state index contributed by atoms with van der Waals surface area (Å²) in [7, 11) is 0. The Hall–Kier alpha value is -1.93. The molecule has 0 atom stereocenters. The lowest BCUT2D eigenvalue weighted by molar-refractivity contribution is -0.385. The molecule has 21 heavy (non-hydrogen) atoms. The van der Waals surface area contributed by atoms with Crippen LogP contribution in [0.25, 0.3) is 0 Å². The Morgan fingerprint density at radius 2 is 2.19 bits per heavy atom. The van der Waals surface area contributed by atoms with E-state index in [2.05, 4.69) is 26.2 Å². The van der Waals surface area contributed by atoms with Crippen molar-refractivity contribution in [3.8, 4) is 0 Å². The number of carbonyl (C=O) groups excluding carboxylic acids is 1. The zero-order chi connectivity index (χ0) is 15.2. The number of nitrogens with zero attached hydrogens (tertiary/aromatic N) is 2. The zero-order valence-electron chi connectivity index (χ0n) is 10.7. The topological polar surface area (TPSA) is 85.1 Å². The maximum absolute atomic E-state index is 11.8. The van der Waals surface area contributed by atoms with Crippen molar-refractivity contribution >= 4 is 45.0 Å². The van der Waals surface area contributed by atoms with Crippen molar-refractivity contribution in [3.63, 3.8) is 0 Å². The molecule has 0 unspecified atom stereocenters. The largest absolute Gasteiger partial charge is 0.325 e. The highest BCUT2D eigenvalue weighted by molar-refractivity contribution is 9.10. The first-order valence-corrected chi connectivity index (χ1v) is 7.61. The van der Waals surface area contributed by atoms with Crippen LogP contribution in [0.15, 0.2) is 52.1 Å². The smallest absolute Gasteiger partial charge is 0.287 e. The summed E-state index contributed by atoms with van der Waals surface area (Å²) >= 11 is 4.54. The van der Waals surface area contributed by atoms with Crippen LogP contribution in [0.4, 0.5) is 11.4 Å². The second-order valence-electron chi connectivity index (χ2n) is 3.96. The quantitative estimate of drug-likeness (QED) is 0.496. The fraction of sp³-hybridized carbons (Fsp3) is 0.0769. The van der Waals surface area contributed by atoms with Gasteiger partial charge in [0.05, 0.1) is 15.7 Å². The molecule has 2 rings (SSSR count). The van der Waals surface area contributed by atoms with Crippen LogP contribution in [0.2, 0.25) is 0 Å². The van der Waals surface area contributed by atoms with E-state index >= 15 is 0 Å². The summed E-state index contributed by atoms with van der Waals surface area (Å²) in [6.07, 6.45) is 1.18. The number of carbonyl (C=O) groups is 1. The van der Waals surface area contributed by atoms with E-state index in [4.69, 9.17) is 0 Å². The number of anilines is 1. The summed E-state index contributed by atoms with van der Waals surface area (Å²) < 4.78 is 0.880. The molecule has 0 aliphatic heterocycles.